The molecule has 7 heteroatoms. The van der Waals surface area contributed by atoms with Crippen LogP contribution in [0.25, 0.3) is 0 Å². The Morgan fingerprint density at radius 3 is 2.86 bits per heavy atom. The lowest BCUT2D eigenvalue weighted by Gasteiger charge is -2.37. The van der Waals surface area contributed by atoms with Gasteiger partial charge in [-0.25, -0.2) is 4.68 Å². The van der Waals surface area contributed by atoms with E-state index in [0.29, 0.717) is 36.7 Å². The molecule has 1 aliphatic carbocycles. The molecule has 0 bridgehead atoms. The number of nitrogens with zero attached hydrogens (tertiary/aromatic N) is 4. The molecule has 110 valence electrons. The van der Waals surface area contributed by atoms with Crippen LogP contribution in [-0.4, -0.2) is 31.3 Å². The number of halogens is 1. The molecule has 6 nitrogen and oxygen atoms in total. The topological polar surface area (TPSA) is 80.9 Å². The first-order chi connectivity index (χ1) is 10.1. The van der Waals surface area contributed by atoms with Crippen LogP contribution in [0.5, 0.6) is 0 Å². The Balaban J connectivity index is 1.79. The van der Waals surface area contributed by atoms with E-state index in [1.165, 1.54) is 0 Å². The van der Waals surface area contributed by atoms with Crippen LogP contribution in [0.4, 0.5) is 0 Å². The van der Waals surface area contributed by atoms with Crippen LogP contribution in [0.3, 0.4) is 0 Å². The zero-order valence-electron chi connectivity index (χ0n) is 11.4. The molecule has 1 aromatic heterocycles. The Labute approximate surface area is 126 Å². The van der Waals surface area contributed by atoms with Crippen LogP contribution in [-0.2, 0) is 17.8 Å². The van der Waals surface area contributed by atoms with Gasteiger partial charge in [-0.2, -0.15) is 0 Å². The number of aliphatic carboxylic acids is 1. The first kappa shape index (κ1) is 14.0. The Morgan fingerprint density at radius 2 is 2.24 bits per heavy atom. The van der Waals surface area contributed by atoms with Crippen molar-refractivity contribution in [3.05, 3.63) is 40.7 Å². The highest BCUT2D eigenvalue weighted by Crippen LogP contribution is 2.42. The predicted octanol–water partition coefficient (Wildman–Crippen LogP) is 2.17. The monoisotopic (exact) mass is 306 g/mol. The maximum atomic E-state index is 11.4. The van der Waals surface area contributed by atoms with E-state index in [4.69, 9.17) is 11.6 Å². The number of aromatic nitrogens is 4. The quantitative estimate of drug-likeness (QED) is 0.915. The van der Waals surface area contributed by atoms with Crippen molar-refractivity contribution < 1.29 is 9.90 Å². The van der Waals surface area contributed by atoms with Gasteiger partial charge in [0.2, 0.25) is 0 Å². The summed E-state index contributed by atoms with van der Waals surface area (Å²) in [6.45, 7) is 0.325. The zero-order valence-corrected chi connectivity index (χ0v) is 12.1. The highest BCUT2D eigenvalue weighted by atomic mass is 35.5. The van der Waals surface area contributed by atoms with Gasteiger partial charge in [-0.1, -0.05) is 30.2 Å². The lowest BCUT2D eigenvalue weighted by atomic mass is 9.69. The molecule has 3 rings (SSSR count). The molecule has 1 N–H and O–H groups in total. The van der Waals surface area contributed by atoms with Crippen LogP contribution in [0.1, 0.15) is 30.7 Å². The average molecular weight is 307 g/mol. The van der Waals surface area contributed by atoms with Crippen LogP contribution in [0.2, 0.25) is 5.02 Å². The standard InChI is InChI=1S/C14H15ClN4O2/c15-11-4-1-3-10(7-11)8-12-16-17-18-19(12)9-14(13(20)21)5-2-6-14/h1,3-4,7H,2,5-6,8-9H2,(H,20,21). The minimum atomic E-state index is -0.766. The number of carbonyl (C=O) groups is 1. The largest absolute Gasteiger partial charge is 0.481 e. The number of carboxylic acid groups (broad SMARTS) is 1. The van der Waals surface area contributed by atoms with Crippen LogP contribution in [0, 0.1) is 5.41 Å². The first-order valence-electron chi connectivity index (χ1n) is 6.82. The second-order valence-corrected chi connectivity index (χ2v) is 5.93. The van der Waals surface area contributed by atoms with E-state index < -0.39 is 11.4 Å². The van der Waals surface area contributed by atoms with Gasteiger partial charge in [0.15, 0.2) is 5.82 Å². The molecule has 21 heavy (non-hydrogen) atoms. The summed E-state index contributed by atoms with van der Waals surface area (Å²) in [4.78, 5) is 11.4. The van der Waals surface area contributed by atoms with Crippen LogP contribution >= 0.6 is 11.6 Å². The van der Waals surface area contributed by atoms with E-state index in [1.807, 2.05) is 24.3 Å². The molecular formula is C14H15ClN4O2. The minimum Gasteiger partial charge on any atom is -0.481 e. The molecule has 0 amide bonds. The molecular weight excluding hydrogens is 292 g/mol. The van der Waals surface area contributed by atoms with Gasteiger partial charge in [0.1, 0.15) is 0 Å². The highest BCUT2D eigenvalue weighted by molar-refractivity contribution is 6.30. The summed E-state index contributed by atoms with van der Waals surface area (Å²) in [5.74, 6) is -0.109. The van der Waals surface area contributed by atoms with E-state index in [2.05, 4.69) is 15.5 Å². The molecule has 1 aliphatic rings. The minimum absolute atomic E-state index is 0.325. The second-order valence-electron chi connectivity index (χ2n) is 5.50. The lowest BCUT2D eigenvalue weighted by molar-refractivity contribution is -0.156. The lowest BCUT2D eigenvalue weighted by Crippen LogP contribution is -2.42. The third-order valence-electron chi connectivity index (χ3n) is 4.07. The Morgan fingerprint density at radius 1 is 1.43 bits per heavy atom. The summed E-state index contributed by atoms with van der Waals surface area (Å²) >= 11 is 5.97. The number of benzene rings is 1. The summed E-state index contributed by atoms with van der Waals surface area (Å²) in [5.41, 5.74) is 0.287. The summed E-state index contributed by atoms with van der Waals surface area (Å²) in [7, 11) is 0. The molecule has 0 spiro atoms. The molecule has 1 aromatic carbocycles. The molecule has 1 heterocycles. The van der Waals surface area contributed by atoms with E-state index in [1.54, 1.807) is 4.68 Å². The number of hydrogen-bond donors (Lipinski definition) is 1. The van der Waals surface area contributed by atoms with Gasteiger partial charge in [-0.05, 0) is 41.0 Å². The van der Waals surface area contributed by atoms with E-state index in [9.17, 15) is 9.90 Å². The third-order valence-corrected chi connectivity index (χ3v) is 4.31. The Hall–Kier alpha value is -1.95. The van der Waals surface area contributed by atoms with Gasteiger partial charge < -0.3 is 5.11 Å². The Kier molecular flexibility index (Phi) is 3.63. The first-order valence-corrected chi connectivity index (χ1v) is 7.20. The number of carboxylic acids is 1. The van der Waals surface area contributed by atoms with Crippen LogP contribution < -0.4 is 0 Å². The van der Waals surface area contributed by atoms with Gasteiger partial charge in [-0.15, -0.1) is 5.10 Å². The fourth-order valence-electron chi connectivity index (χ4n) is 2.63. The van der Waals surface area contributed by atoms with Crippen molar-refractivity contribution in [1.82, 2.24) is 20.2 Å². The molecule has 0 radical (unpaired) electrons. The zero-order chi connectivity index (χ0) is 14.9. The maximum Gasteiger partial charge on any atom is 0.311 e. The Bertz CT molecular complexity index is 666. The van der Waals surface area contributed by atoms with Crippen molar-refractivity contribution in [2.24, 2.45) is 5.41 Å². The molecule has 1 saturated carbocycles. The fourth-order valence-corrected chi connectivity index (χ4v) is 2.84. The summed E-state index contributed by atoms with van der Waals surface area (Å²) in [6, 6.07) is 7.48. The molecule has 0 aliphatic heterocycles. The van der Waals surface area contributed by atoms with Crippen molar-refractivity contribution in [2.75, 3.05) is 0 Å². The predicted molar refractivity (Wildman–Crippen MR) is 76.0 cm³/mol. The number of tetrazole rings is 1. The van der Waals surface area contributed by atoms with Crippen molar-refractivity contribution in [3.8, 4) is 0 Å². The van der Waals surface area contributed by atoms with E-state index >= 15 is 0 Å². The molecule has 0 unspecified atom stereocenters. The van der Waals surface area contributed by atoms with Gasteiger partial charge in [-0.3, -0.25) is 4.79 Å². The normalized spacial score (nSPS) is 16.4. The van der Waals surface area contributed by atoms with Crippen molar-refractivity contribution in [3.63, 3.8) is 0 Å². The van der Waals surface area contributed by atoms with Crippen molar-refractivity contribution in [1.29, 1.82) is 0 Å². The van der Waals surface area contributed by atoms with Gasteiger partial charge in [0, 0.05) is 11.4 Å². The highest BCUT2D eigenvalue weighted by Gasteiger charge is 2.45. The molecule has 0 saturated heterocycles. The molecule has 2 aromatic rings. The smallest absolute Gasteiger partial charge is 0.311 e. The van der Waals surface area contributed by atoms with E-state index in [-0.39, 0.29) is 0 Å². The van der Waals surface area contributed by atoms with Crippen molar-refractivity contribution >= 4 is 17.6 Å². The SMILES string of the molecule is O=C(O)C1(Cn2nnnc2Cc2cccc(Cl)c2)CCC1. The molecule has 1 fully saturated rings. The maximum absolute atomic E-state index is 11.4. The number of rotatable bonds is 5. The van der Waals surface area contributed by atoms with Crippen LogP contribution in [0.15, 0.2) is 24.3 Å². The van der Waals surface area contributed by atoms with Crippen molar-refractivity contribution in [2.45, 2.75) is 32.2 Å². The average Bonchev–Trinajstić information content (AvgIpc) is 2.80. The number of hydrogen-bond acceptors (Lipinski definition) is 4. The van der Waals surface area contributed by atoms with Gasteiger partial charge in [0.25, 0.3) is 0 Å². The van der Waals surface area contributed by atoms with Gasteiger partial charge in [0.05, 0.1) is 12.0 Å². The third kappa shape index (κ3) is 2.76. The van der Waals surface area contributed by atoms with Gasteiger partial charge >= 0.3 is 5.97 Å². The fraction of sp³-hybridized carbons (Fsp3) is 0.429. The summed E-state index contributed by atoms with van der Waals surface area (Å²) in [6.07, 6.45) is 2.83. The molecule has 0 atom stereocenters. The summed E-state index contributed by atoms with van der Waals surface area (Å²) < 4.78 is 1.61. The summed E-state index contributed by atoms with van der Waals surface area (Å²) in [5, 5.41) is 21.7. The second kappa shape index (κ2) is 5.44. The van der Waals surface area contributed by atoms with E-state index in [0.717, 1.165) is 12.0 Å².